The molecule has 0 saturated carbocycles. The minimum atomic E-state index is -3.88. The van der Waals surface area contributed by atoms with Gasteiger partial charge in [0.15, 0.2) is 0 Å². The maximum atomic E-state index is 13.1. The molecule has 0 unspecified atom stereocenters. The molecule has 4 heterocycles. The first-order chi connectivity index (χ1) is 18.1. The van der Waals surface area contributed by atoms with Gasteiger partial charge in [-0.1, -0.05) is 23.2 Å². The van der Waals surface area contributed by atoms with Gasteiger partial charge in [-0.05, 0) is 56.0 Å². The predicted octanol–water partition coefficient (Wildman–Crippen LogP) is 2.75. The molecule has 0 radical (unpaired) electrons. The summed E-state index contributed by atoms with van der Waals surface area (Å²) in [6, 6.07) is 5.24. The van der Waals surface area contributed by atoms with Gasteiger partial charge in [0, 0.05) is 47.7 Å². The van der Waals surface area contributed by atoms with Gasteiger partial charge >= 0.3 is 0 Å². The Labute approximate surface area is 235 Å². The molecule has 0 spiro atoms. The summed E-state index contributed by atoms with van der Waals surface area (Å²) in [5, 5.41) is 4.06. The summed E-state index contributed by atoms with van der Waals surface area (Å²) in [5.41, 5.74) is 0.377. The molecular weight excluding hydrogens is 573 g/mol. The number of piperidine rings is 1. The average molecular weight is 601 g/mol. The molecule has 10 nitrogen and oxygen atoms in total. The molecule has 204 valence electrons. The monoisotopic (exact) mass is 599 g/mol. The highest BCUT2D eigenvalue weighted by molar-refractivity contribution is 7.92. The third-order valence-electron chi connectivity index (χ3n) is 6.35. The molecule has 0 aromatic carbocycles. The summed E-state index contributed by atoms with van der Waals surface area (Å²) in [6.07, 6.45) is 5.28. The van der Waals surface area contributed by atoms with E-state index < -0.39 is 22.0 Å². The SMILES string of the molecule is O=C(NC[C@@H]1CCCN1C(=O)CN1CCC[C@H](NS(=O)(=O)/C=C/c2ccc(Cl)s2)C1=O)c1ccnc(Cl)c1. The molecule has 2 aliphatic rings. The Morgan fingerprint density at radius 3 is 2.68 bits per heavy atom. The minimum absolute atomic E-state index is 0.148. The van der Waals surface area contributed by atoms with Crippen LogP contribution in [0.2, 0.25) is 9.49 Å². The zero-order valence-corrected chi connectivity index (χ0v) is 23.5. The van der Waals surface area contributed by atoms with Gasteiger partial charge < -0.3 is 15.1 Å². The van der Waals surface area contributed by atoms with Crippen LogP contribution in [0.25, 0.3) is 6.08 Å². The second kappa shape index (κ2) is 12.6. The summed E-state index contributed by atoms with van der Waals surface area (Å²) in [7, 11) is -3.88. The number of aromatic nitrogens is 1. The van der Waals surface area contributed by atoms with Crippen LogP contribution in [0.5, 0.6) is 0 Å². The first-order valence-corrected chi connectivity index (χ1v) is 15.2. The molecule has 2 N–H and O–H groups in total. The van der Waals surface area contributed by atoms with E-state index in [1.54, 1.807) is 23.1 Å². The first-order valence-electron chi connectivity index (χ1n) is 12.0. The van der Waals surface area contributed by atoms with Crippen molar-refractivity contribution in [2.24, 2.45) is 0 Å². The van der Waals surface area contributed by atoms with Crippen LogP contribution in [0, 0.1) is 0 Å². The van der Waals surface area contributed by atoms with E-state index in [0.717, 1.165) is 18.2 Å². The van der Waals surface area contributed by atoms with E-state index in [4.69, 9.17) is 23.2 Å². The molecule has 2 aromatic heterocycles. The Balaban J connectivity index is 1.31. The molecule has 0 bridgehead atoms. The van der Waals surface area contributed by atoms with E-state index in [9.17, 15) is 22.8 Å². The van der Waals surface area contributed by atoms with Crippen molar-refractivity contribution in [1.82, 2.24) is 24.8 Å². The molecule has 4 rings (SSSR count). The van der Waals surface area contributed by atoms with Gasteiger partial charge in [-0.2, -0.15) is 4.72 Å². The average Bonchev–Trinajstić information content (AvgIpc) is 3.52. The standard InChI is InChI=1S/C24H27Cl2N5O5S2/c25-20-13-16(7-9-27-20)23(33)28-14-17-3-1-11-31(17)22(32)15-30-10-2-4-19(24(30)34)29-38(35,36)12-8-18-5-6-21(26)37-18/h5-9,12-13,17,19,29H,1-4,10-11,14-15H2,(H,28,33)/b12-8+/t17-,19-/m0/s1. The van der Waals surface area contributed by atoms with Crippen LogP contribution in [0.1, 0.15) is 40.9 Å². The normalized spacial score (nSPS) is 20.3. The molecule has 14 heteroatoms. The van der Waals surface area contributed by atoms with Crippen molar-refractivity contribution < 1.29 is 22.8 Å². The third kappa shape index (κ3) is 7.54. The van der Waals surface area contributed by atoms with Gasteiger partial charge in [-0.15, -0.1) is 11.3 Å². The fourth-order valence-corrected chi connectivity index (χ4v) is 6.75. The number of halogens is 2. The molecular formula is C24H27Cl2N5O5S2. The maximum absolute atomic E-state index is 13.1. The molecule has 0 aliphatic carbocycles. The minimum Gasteiger partial charge on any atom is -0.350 e. The smallest absolute Gasteiger partial charge is 0.251 e. The van der Waals surface area contributed by atoms with Crippen molar-refractivity contribution in [3.63, 3.8) is 0 Å². The number of amides is 3. The molecule has 3 amide bonds. The maximum Gasteiger partial charge on any atom is 0.251 e. The van der Waals surface area contributed by atoms with Gasteiger partial charge in [-0.25, -0.2) is 13.4 Å². The number of nitrogens with zero attached hydrogens (tertiary/aromatic N) is 3. The number of carbonyl (C=O) groups excluding carboxylic acids is 3. The predicted molar refractivity (Wildman–Crippen MR) is 146 cm³/mol. The van der Waals surface area contributed by atoms with E-state index in [1.165, 1.54) is 34.6 Å². The Morgan fingerprint density at radius 2 is 1.95 bits per heavy atom. The number of sulfonamides is 1. The summed E-state index contributed by atoms with van der Waals surface area (Å²) in [6.45, 7) is 1.01. The van der Waals surface area contributed by atoms with Crippen molar-refractivity contribution >= 4 is 68.4 Å². The zero-order valence-electron chi connectivity index (χ0n) is 20.3. The van der Waals surface area contributed by atoms with Crippen LogP contribution in [-0.2, 0) is 19.6 Å². The fourth-order valence-electron chi connectivity index (χ4n) is 4.51. The Kier molecular flexibility index (Phi) is 9.42. The number of thiophene rings is 1. The highest BCUT2D eigenvalue weighted by Crippen LogP contribution is 2.23. The molecule has 2 saturated heterocycles. The van der Waals surface area contributed by atoms with E-state index in [0.29, 0.717) is 40.7 Å². The van der Waals surface area contributed by atoms with Gasteiger partial charge in [-0.3, -0.25) is 14.4 Å². The van der Waals surface area contributed by atoms with Crippen LogP contribution >= 0.6 is 34.5 Å². The number of hydrogen-bond acceptors (Lipinski definition) is 7. The van der Waals surface area contributed by atoms with Crippen LogP contribution in [0.4, 0.5) is 0 Å². The summed E-state index contributed by atoms with van der Waals surface area (Å²) >= 11 is 13.0. The fraction of sp³-hybridized carbons (Fsp3) is 0.417. The highest BCUT2D eigenvalue weighted by atomic mass is 35.5. The lowest BCUT2D eigenvalue weighted by molar-refractivity contribution is -0.143. The number of rotatable bonds is 9. The van der Waals surface area contributed by atoms with Crippen LogP contribution in [-0.4, -0.2) is 79.2 Å². The lowest BCUT2D eigenvalue weighted by Gasteiger charge is -2.34. The molecule has 2 aromatic rings. The van der Waals surface area contributed by atoms with Crippen LogP contribution in [0.3, 0.4) is 0 Å². The van der Waals surface area contributed by atoms with Crippen LogP contribution < -0.4 is 10.0 Å². The van der Waals surface area contributed by atoms with Crippen molar-refractivity contribution in [3.05, 3.63) is 55.8 Å². The summed E-state index contributed by atoms with van der Waals surface area (Å²) in [5.74, 6) is -0.981. The topological polar surface area (TPSA) is 129 Å². The zero-order chi connectivity index (χ0) is 27.3. The Hall–Kier alpha value is -2.51. The quantitative estimate of drug-likeness (QED) is 0.426. The van der Waals surface area contributed by atoms with Gasteiger partial charge in [0.05, 0.1) is 10.9 Å². The summed E-state index contributed by atoms with van der Waals surface area (Å²) < 4.78 is 28.0. The Morgan fingerprint density at radius 1 is 1.16 bits per heavy atom. The van der Waals surface area contributed by atoms with E-state index >= 15 is 0 Å². The lowest BCUT2D eigenvalue weighted by atomic mass is 10.1. The lowest BCUT2D eigenvalue weighted by Crippen LogP contribution is -2.55. The van der Waals surface area contributed by atoms with Crippen molar-refractivity contribution in [3.8, 4) is 0 Å². The summed E-state index contributed by atoms with van der Waals surface area (Å²) in [4.78, 5) is 46.2. The number of nitrogens with one attached hydrogen (secondary N) is 2. The van der Waals surface area contributed by atoms with Gasteiger partial charge in [0.1, 0.15) is 11.2 Å². The molecule has 2 aliphatic heterocycles. The van der Waals surface area contributed by atoms with Crippen molar-refractivity contribution in [1.29, 1.82) is 0 Å². The largest absolute Gasteiger partial charge is 0.350 e. The number of hydrogen-bond donors (Lipinski definition) is 2. The second-order valence-electron chi connectivity index (χ2n) is 9.02. The van der Waals surface area contributed by atoms with E-state index in [2.05, 4.69) is 15.0 Å². The number of pyridine rings is 1. The van der Waals surface area contributed by atoms with Gasteiger partial charge in [0.25, 0.3) is 5.91 Å². The third-order valence-corrected chi connectivity index (χ3v) is 8.86. The first kappa shape index (κ1) is 28.5. The number of carbonyl (C=O) groups is 3. The van der Waals surface area contributed by atoms with E-state index in [1.807, 2.05) is 0 Å². The van der Waals surface area contributed by atoms with Crippen molar-refractivity contribution in [2.45, 2.75) is 37.8 Å². The van der Waals surface area contributed by atoms with Crippen LogP contribution in [0.15, 0.2) is 35.9 Å². The number of likely N-dealkylation sites (tertiary alicyclic amines) is 2. The Bertz CT molecular complexity index is 1330. The molecule has 38 heavy (non-hydrogen) atoms. The highest BCUT2D eigenvalue weighted by Gasteiger charge is 2.35. The second-order valence-corrected chi connectivity index (χ2v) is 12.8. The molecule has 2 atom stereocenters. The molecule has 2 fully saturated rings. The van der Waals surface area contributed by atoms with Gasteiger partial charge in [0.2, 0.25) is 21.8 Å². The van der Waals surface area contributed by atoms with E-state index in [-0.39, 0.29) is 36.1 Å². The van der Waals surface area contributed by atoms with Crippen molar-refractivity contribution in [2.75, 3.05) is 26.2 Å².